The number of anilines is 1. The molecule has 31 heavy (non-hydrogen) atoms. The fourth-order valence-electron chi connectivity index (χ4n) is 3.91. The number of piperidine rings is 1. The molecular weight excluding hydrogens is 522 g/mol. The van der Waals surface area contributed by atoms with Crippen LogP contribution in [0.5, 0.6) is 0 Å². The van der Waals surface area contributed by atoms with Crippen molar-refractivity contribution in [2.75, 3.05) is 44.7 Å². The average Bonchev–Trinajstić information content (AvgIpc) is 2.74. The van der Waals surface area contributed by atoms with E-state index in [1.165, 1.54) is 11.8 Å². The fourth-order valence-corrected chi connectivity index (χ4v) is 3.91. The molecule has 2 fully saturated rings. The van der Waals surface area contributed by atoms with E-state index in [1.807, 2.05) is 34.1 Å². The first-order valence-electron chi connectivity index (χ1n) is 10.5. The van der Waals surface area contributed by atoms with Gasteiger partial charge in [-0.25, -0.2) is 0 Å². The Balaban J connectivity index is 0.00000341. The third-order valence-corrected chi connectivity index (χ3v) is 5.87. The molecular formula is C21H31F3IN5O. The Morgan fingerprint density at radius 3 is 2.29 bits per heavy atom. The van der Waals surface area contributed by atoms with Crippen LogP contribution in [0.15, 0.2) is 29.3 Å². The molecule has 0 saturated carbocycles. The normalized spacial score (nSPS) is 19.8. The number of carbonyl (C=O) groups is 1. The molecule has 1 N–H and O–H groups in total. The monoisotopic (exact) mass is 553 g/mol. The molecule has 0 aromatic heterocycles. The Bertz CT molecular complexity index is 748. The van der Waals surface area contributed by atoms with E-state index in [0.29, 0.717) is 45.1 Å². The molecule has 0 bridgehead atoms. The summed E-state index contributed by atoms with van der Waals surface area (Å²) in [7, 11) is 1.68. The minimum absolute atomic E-state index is 0. The highest BCUT2D eigenvalue weighted by Crippen LogP contribution is 2.25. The molecule has 2 heterocycles. The first-order valence-corrected chi connectivity index (χ1v) is 10.5. The summed E-state index contributed by atoms with van der Waals surface area (Å²) >= 11 is 0. The van der Waals surface area contributed by atoms with Crippen molar-refractivity contribution in [3.63, 3.8) is 0 Å². The summed E-state index contributed by atoms with van der Waals surface area (Å²) in [5, 5.41) is 3.29. The average molecular weight is 553 g/mol. The number of halogens is 4. The van der Waals surface area contributed by atoms with Crippen molar-refractivity contribution in [2.24, 2.45) is 4.99 Å². The Morgan fingerprint density at radius 1 is 1.10 bits per heavy atom. The van der Waals surface area contributed by atoms with Crippen LogP contribution in [0.3, 0.4) is 0 Å². The highest BCUT2D eigenvalue weighted by atomic mass is 127. The minimum Gasteiger partial charge on any atom is -0.352 e. The van der Waals surface area contributed by atoms with E-state index in [0.717, 1.165) is 30.6 Å². The van der Waals surface area contributed by atoms with Gasteiger partial charge in [0.1, 0.15) is 6.04 Å². The lowest BCUT2D eigenvalue weighted by molar-refractivity contribution is -0.181. The summed E-state index contributed by atoms with van der Waals surface area (Å²) in [5.74, 6) is 0.858. The molecule has 1 atom stereocenters. The predicted octanol–water partition coefficient (Wildman–Crippen LogP) is 3.47. The number of benzene rings is 1. The first-order chi connectivity index (χ1) is 14.3. The van der Waals surface area contributed by atoms with E-state index in [4.69, 9.17) is 0 Å². The van der Waals surface area contributed by atoms with Crippen molar-refractivity contribution in [3.8, 4) is 0 Å². The summed E-state index contributed by atoms with van der Waals surface area (Å²) < 4.78 is 38.8. The van der Waals surface area contributed by atoms with Gasteiger partial charge in [0, 0.05) is 58.4 Å². The lowest BCUT2D eigenvalue weighted by Gasteiger charge is -2.39. The van der Waals surface area contributed by atoms with Crippen LogP contribution < -0.4 is 10.2 Å². The van der Waals surface area contributed by atoms with Gasteiger partial charge in [-0.15, -0.1) is 24.0 Å². The van der Waals surface area contributed by atoms with Crippen molar-refractivity contribution < 1.29 is 18.0 Å². The van der Waals surface area contributed by atoms with Gasteiger partial charge in [0.2, 0.25) is 5.91 Å². The Kier molecular flexibility index (Phi) is 9.41. The number of rotatable bonds is 4. The van der Waals surface area contributed by atoms with Crippen LogP contribution in [0.4, 0.5) is 18.9 Å². The number of aliphatic imine (C=N–C) groups is 1. The van der Waals surface area contributed by atoms with Crippen LogP contribution in [-0.4, -0.2) is 73.7 Å². The lowest BCUT2D eigenvalue weighted by Crippen LogP contribution is -2.56. The van der Waals surface area contributed by atoms with E-state index < -0.39 is 12.2 Å². The van der Waals surface area contributed by atoms with Gasteiger partial charge in [0.25, 0.3) is 0 Å². The van der Waals surface area contributed by atoms with Crippen LogP contribution in [0.1, 0.15) is 31.7 Å². The maximum absolute atomic E-state index is 12.9. The third kappa shape index (κ3) is 6.71. The number of hydrogen-bond acceptors (Lipinski definition) is 3. The number of piperazine rings is 1. The molecule has 0 radical (unpaired) electrons. The van der Waals surface area contributed by atoms with E-state index >= 15 is 0 Å². The summed E-state index contributed by atoms with van der Waals surface area (Å²) in [6.07, 6.45) is -1.61. The van der Waals surface area contributed by atoms with E-state index in [1.54, 1.807) is 7.05 Å². The van der Waals surface area contributed by atoms with Gasteiger partial charge in [-0.05, 0) is 37.5 Å². The quantitative estimate of drug-likeness (QED) is 0.353. The smallest absolute Gasteiger partial charge is 0.352 e. The van der Waals surface area contributed by atoms with Crippen molar-refractivity contribution in [1.82, 2.24) is 15.1 Å². The van der Waals surface area contributed by atoms with E-state index in [9.17, 15) is 18.0 Å². The number of amides is 1. The van der Waals surface area contributed by atoms with Crippen molar-refractivity contribution in [2.45, 2.75) is 44.9 Å². The second-order valence-corrected chi connectivity index (χ2v) is 7.81. The Morgan fingerprint density at radius 2 is 1.74 bits per heavy atom. The van der Waals surface area contributed by atoms with Crippen molar-refractivity contribution in [1.29, 1.82) is 0 Å². The number of nitrogens with one attached hydrogen (secondary N) is 1. The van der Waals surface area contributed by atoms with Crippen molar-refractivity contribution >= 4 is 41.5 Å². The SMILES string of the molecule is CN=C(NCc1ccc(N2CCCCC2=O)cc1)N1CCN(C(C)C(F)(F)F)CC1.I. The van der Waals surface area contributed by atoms with Gasteiger partial charge in [-0.1, -0.05) is 12.1 Å². The Hall–Kier alpha value is -1.56. The standard InChI is InChI=1S/C21H30F3N5O.HI/c1-16(21(22,23)24)27-11-13-28(14-12-27)20(25-2)26-15-17-6-8-18(9-7-17)29-10-4-3-5-19(29)30;/h6-9,16H,3-5,10-15H2,1-2H3,(H,25,26);1H. The highest BCUT2D eigenvalue weighted by Gasteiger charge is 2.41. The third-order valence-electron chi connectivity index (χ3n) is 5.87. The van der Waals surface area contributed by atoms with Gasteiger partial charge in [0.05, 0.1) is 0 Å². The van der Waals surface area contributed by atoms with Crippen LogP contribution >= 0.6 is 24.0 Å². The zero-order valence-electron chi connectivity index (χ0n) is 18.0. The molecule has 10 heteroatoms. The fraction of sp³-hybridized carbons (Fsp3) is 0.619. The van der Waals surface area contributed by atoms with Gasteiger partial charge in [0.15, 0.2) is 5.96 Å². The molecule has 2 saturated heterocycles. The topological polar surface area (TPSA) is 51.2 Å². The van der Waals surface area contributed by atoms with Gasteiger partial charge >= 0.3 is 6.18 Å². The van der Waals surface area contributed by atoms with E-state index in [-0.39, 0.29) is 29.9 Å². The first kappa shape index (κ1) is 25.7. The molecule has 2 aliphatic heterocycles. The number of nitrogens with zero attached hydrogens (tertiary/aromatic N) is 4. The molecule has 1 amide bonds. The maximum Gasteiger partial charge on any atom is 0.403 e. The molecule has 1 aromatic carbocycles. The molecule has 1 unspecified atom stereocenters. The zero-order chi connectivity index (χ0) is 21.7. The number of alkyl halides is 3. The second kappa shape index (κ2) is 11.3. The molecule has 174 valence electrons. The molecule has 0 spiro atoms. The summed E-state index contributed by atoms with van der Waals surface area (Å²) in [4.78, 5) is 21.6. The van der Waals surface area contributed by atoms with Crippen LogP contribution in [0.2, 0.25) is 0 Å². The highest BCUT2D eigenvalue weighted by molar-refractivity contribution is 14.0. The van der Waals surface area contributed by atoms with Crippen molar-refractivity contribution in [3.05, 3.63) is 29.8 Å². The lowest BCUT2D eigenvalue weighted by atomic mass is 10.1. The summed E-state index contributed by atoms with van der Waals surface area (Å²) in [6, 6.07) is 6.46. The molecule has 0 aliphatic carbocycles. The Labute approximate surface area is 198 Å². The largest absolute Gasteiger partial charge is 0.403 e. The maximum atomic E-state index is 12.9. The van der Waals surface area contributed by atoms with Crippen LogP contribution in [-0.2, 0) is 11.3 Å². The second-order valence-electron chi connectivity index (χ2n) is 7.81. The molecule has 1 aromatic rings. The van der Waals surface area contributed by atoms with Gasteiger partial charge in [-0.2, -0.15) is 13.2 Å². The van der Waals surface area contributed by atoms with Crippen LogP contribution in [0.25, 0.3) is 0 Å². The van der Waals surface area contributed by atoms with Gasteiger partial charge < -0.3 is 15.1 Å². The van der Waals surface area contributed by atoms with E-state index in [2.05, 4.69) is 10.3 Å². The van der Waals surface area contributed by atoms with Gasteiger partial charge in [-0.3, -0.25) is 14.7 Å². The minimum atomic E-state index is -4.20. The zero-order valence-corrected chi connectivity index (χ0v) is 20.3. The number of guanidine groups is 1. The van der Waals surface area contributed by atoms with Crippen LogP contribution in [0, 0.1) is 0 Å². The summed E-state index contributed by atoms with van der Waals surface area (Å²) in [6.45, 7) is 4.22. The molecule has 3 rings (SSSR count). The number of carbonyl (C=O) groups excluding carboxylic acids is 1. The number of hydrogen-bond donors (Lipinski definition) is 1. The summed E-state index contributed by atoms with van der Waals surface area (Å²) in [5.41, 5.74) is 1.97. The molecule has 6 nitrogen and oxygen atoms in total. The predicted molar refractivity (Wildman–Crippen MR) is 127 cm³/mol. The molecule has 2 aliphatic rings.